The molecule has 82 valence electrons. The number of hydrogen-bond donors (Lipinski definition) is 1. The Bertz CT molecular complexity index is 420. The summed E-state index contributed by atoms with van der Waals surface area (Å²) in [5.74, 6) is 1.56. The predicted molar refractivity (Wildman–Crippen MR) is 57.8 cm³/mol. The lowest BCUT2D eigenvalue weighted by Gasteiger charge is -2.10. The van der Waals surface area contributed by atoms with E-state index in [1.807, 2.05) is 4.68 Å². The molecule has 0 saturated heterocycles. The summed E-state index contributed by atoms with van der Waals surface area (Å²) in [7, 11) is 0. The number of aromatic nitrogens is 2. The summed E-state index contributed by atoms with van der Waals surface area (Å²) >= 11 is 0. The number of aliphatic hydroxyl groups excluding tert-OH is 1. The molecule has 3 rings (SSSR count). The van der Waals surface area contributed by atoms with Crippen LogP contribution >= 0.6 is 0 Å². The molecule has 0 bridgehead atoms. The van der Waals surface area contributed by atoms with E-state index in [-0.39, 0.29) is 6.61 Å². The molecule has 1 heterocycles. The Labute approximate surface area is 90.1 Å². The average Bonchev–Trinajstić information content (AvgIpc) is 2.54. The molecular weight excluding hydrogens is 188 g/mol. The van der Waals surface area contributed by atoms with Gasteiger partial charge in [-0.25, -0.2) is 0 Å². The summed E-state index contributed by atoms with van der Waals surface area (Å²) in [5.41, 5.74) is 4.54. The molecule has 1 aromatic heterocycles. The van der Waals surface area contributed by atoms with E-state index >= 15 is 0 Å². The molecule has 2 aliphatic carbocycles. The highest BCUT2D eigenvalue weighted by molar-refractivity contribution is 5.45. The maximum atomic E-state index is 8.98. The number of aliphatic hydroxyl groups is 1. The SMILES string of the molecule is Cc1nn(CCO)c2c1[C@@H]1[C@@H](C2)C1(C)C. The van der Waals surface area contributed by atoms with Gasteiger partial charge in [0, 0.05) is 11.3 Å². The van der Waals surface area contributed by atoms with Crippen molar-refractivity contribution in [3.63, 3.8) is 0 Å². The van der Waals surface area contributed by atoms with Crippen LogP contribution < -0.4 is 0 Å². The van der Waals surface area contributed by atoms with Gasteiger partial charge in [-0.15, -0.1) is 0 Å². The van der Waals surface area contributed by atoms with Crippen molar-refractivity contribution in [1.29, 1.82) is 0 Å². The van der Waals surface area contributed by atoms with Crippen LogP contribution in [0, 0.1) is 18.3 Å². The fraction of sp³-hybridized carbons (Fsp3) is 0.750. The van der Waals surface area contributed by atoms with E-state index in [2.05, 4.69) is 25.9 Å². The molecule has 0 aromatic carbocycles. The molecule has 0 unspecified atom stereocenters. The van der Waals surface area contributed by atoms with Gasteiger partial charge in [-0.1, -0.05) is 13.8 Å². The molecule has 1 fully saturated rings. The lowest BCUT2D eigenvalue weighted by molar-refractivity contribution is 0.266. The summed E-state index contributed by atoms with van der Waals surface area (Å²) in [5, 5.41) is 13.5. The smallest absolute Gasteiger partial charge is 0.0644 e. The summed E-state index contributed by atoms with van der Waals surface area (Å²) in [6.07, 6.45) is 1.16. The van der Waals surface area contributed by atoms with Gasteiger partial charge in [0.2, 0.25) is 0 Å². The van der Waals surface area contributed by atoms with E-state index in [0.717, 1.165) is 18.3 Å². The summed E-state index contributed by atoms with van der Waals surface area (Å²) in [4.78, 5) is 0. The van der Waals surface area contributed by atoms with Gasteiger partial charge in [0.1, 0.15) is 0 Å². The maximum absolute atomic E-state index is 8.98. The van der Waals surface area contributed by atoms with Crippen molar-refractivity contribution >= 4 is 0 Å². The van der Waals surface area contributed by atoms with Crippen molar-refractivity contribution in [3.8, 4) is 0 Å². The van der Waals surface area contributed by atoms with Gasteiger partial charge in [0.05, 0.1) is 18.8 Å². The van der Waals surface area contributed by atoms with E-state index in [4.69, 9.17) is 5.11 Å². The molecule has 0 amide bonds. The molecule has 1 N–H and O–H groups in total. The molecule has 1 aromatic rings. The van der Waals surface area contributed by atoms with Gasteiger partial charge in [-0.3, -0.25) is 4.68 Å². The minimum atomic E-state index is 0.187. The lowest BCUT2D eigenvalue weighted by atomic mass is 9.98. The number of fused-ring (bicyclic) bond motifs is 3. The first-order chi connectivity index (χ1) is 7.07. The Balaban J connectivity index is 2.03. The van der Waals surface area contributed by atoms with Crippen LogP contribution in [0.15, 0.2) is 0 Å². The minimum Gasteiger partial charge on any atom is -0.394 e. The monoisotopic (exact) mass is 206 g/mol. The van der Waals surface area contributed by atoms with E-state index in [1.54, 1.807) is 0 Å². The molecular formula is C12H18N2O. The number of nitrogens with zero attached hydrogens (tertiary/aromatic N) is 2. The molecule has 2 aliphatic rings. The van der Waals surface area contributed by atoms with Gasteiger partial charge >= 0.3 is 0 Å². The first kappa shape index (κ1) is 9.40. The largest absolute Gasteiger partial charge is 0.394 e. The minimum absolute atomic E-state index is 0.187. The Hall–Kier alpha value is -0.830. The van der Waals surface area contributed by atoms with Crippen LogP contribution in [0.3, 0.4) is 0 Å². The fourth-order valence-electron chi connectivity index (χ4n) is 3.45. The van der Waals surface area contributed by atoms with E-state index < -0.39 is 0 Å². The second kappa shape index (κ2) is 2.64. The van der Waals surface area contributed by atoms with Crippen LogP contribution in [-0.2, 0) is 13.0 Å². The Morgan fingerprint density at radius 1 is 1.53 bits per heavy atom. The standard InChI is InChI=1S/C12H18N2O/c1-7-10-9(14(13-7)4-5-15)6-8-11(10)12(8,2)3/h8,11,15H,4-6H2,1-3H3/t8-,11+/m1/s1. The first-order valence-electron chi connectivity index (χ1n) is 5.74. The third-order valence-corrected chi connectivity index (χ3v) is 4.37. The highest BCUT2D eigenvalue weighted by Gasteiger charge is 2.63. The molecule has 3 heteroatoms. The second-order valence-corrected chi connectivity index (χ2v) is 5.50. The van der Waals surface area contributed by atoms with Crippen LogP contribution in [0.4, 0.5) is 0 Å². The summed E-state index contributed by atoms with van der Waals surface area (Å²) in [6, 6.07) is 0. The normalized spacial score (nSPS) is 30.1. The maximum Gasteiger partial charge on any atom is 0.0644 e. The third-order valence-electron chi connectivity index (χ3n) is 4.37. The van der Waals surface area contributed by atoms with E-state index in [0.29, 0.717) is 12.0 Å². The van der Waals surface area contributed by atoms with Crippen LogP contribution in [0.25, 0.3) is 0 Å². The molecule has 0 aliphatic heterocycles. The van der Waals surface area contributed by atoms with Crippen molar-refractivity contribution in [2.24, 2.45) is 11.3 Å². The van der Waals surface area contributed by atoms with E-state index in [1.165, 1.54) is 17.0 Å². The quantitative estimate of drug-likeness (QED) is 0.796. The van der Waals surface area contributed by atoms with Gasteiger partial charge in [0.25, 0.3) is 0 Å². The number of rotatable bonds is 2. The average molecular weight is 206 g/mol. The zero-order valence-electron chi connectivity index (χ0n) is 9.62. The van der Waals surface area contributed by atoms with Crippen molar-refractivity contribution in [2.45, 2.75) is 39.7 Å². The van der Waals surface area contributed by atoms with Crippen molar-refractivity contribution in [2.75, 3.05) is 6.61 Å². The molecule has 1 saturated carbocycles. The summed E-state index contributed by atoms with van der Waals surface area (Å²) < 4.78 is 2.01. The topological polar surface area (TPSA) is 38.0 Å². The molecule has 3 nitrogen and oxygen atoms in total. The molecule has 0 radical (unpaired) electrons. The van der Waals surface area contributed by atoms with Crippen molar-refractivity contribution < 1.29 is 5.11 Å². The molecule has 0 spiro atoms. The summed E-state index contributed by atoms with van der Waals surface area (Å²) in [6.45, 7) is 7.65. The number of aryl methyl sites for hydroxylation is 1. The second-order valence-electron chi connectivity index (χ2n) is 5.50. The predicted octanol–water partition coefficient (Wildman–Crippen LogP) is 1.48. The van der Waals surface area contributed by atoms with Gasteiger partial charge in [0.15, 0.2) is 0 Å². The Kier molecular flexibility index (Phi) is 1.66. The number of hydrogen-bond acceptors (Lipinski definition) is 2. The van der Waals surface area contributed by atoms with Crippen LogP contribution in [0.2, 0.25) is 0 Å². The highest BCUT2D eigenvalue weighted by Crippen LogP contribution is 2.70. The molecule has 15 heavy (non-hydrogen) atoms. The third kappa shape index (κ3) is 1.02. The van der Waals surface area contributed by atoms with Crippen molar-refractivity contribution in [1.82, 2.24) is 9.78 Å². The van der Waals surface area contributed by atoms with Crippen LogP contribution in [-0.4, -0.2) is 21.5 Å². The van der Waals surface area contributed by atoms with E-state index in [9.17, 15) is 0 Å². The Morgan fingerprint density at radius 3 is 2.93 bits per heavy atom. The fourth-order valence-corrected chi connectivity index (χ4v) is 3.45. The van der Waals surface area contributed by atoms with Crippen molar-refractivity contribution in [3.05, 3.63) is 17.0 Å². The van der Waals surface area contributed by atoms with Gasteiger partial charge < -0.3 is 5.11 Å². The van der Waals surface area contributed by atoms with Gasteiger partial charge in [-0.2, -0.15) is 5.10 Å². The van der Waals surface area contributed by atoms with Crippen LogP contribution in [0.1, 0.15) is 36.7 Å². The van der Waals surface area contributed by atoms with Gasteiger partial charge in [-0.05, 0) is 30.6 Å². The highest BCUT2D eigenvalue weighted by atomic mass is 16.3. The zero-order valence-corrected chi connectivity index (χ0v) is 9.62. The molecule has 2 atom stereocenters. The zero-order chi connectivity index (χ0) is 10.8. The lowest BCUT2D eigenvalue weighted by Crippen LogP contribution is -2.10. The Morgan fingerprint density at radius 2 is 2.27 bits per heavy atom. The first-order valence-corrected chi connectivity index (χ1v) is 5.74. The van der Waals surface area contributed by atoms with Crippen LogP contribution in [0.5, 0.6) is 0 Å².